The summed E-state index contributed by atoms with van der Waals surface area (Å²) in [7, 11) is 1.98. The van der Waals surface area contributed by atoms with Gasteiger partial charge in [0.25, 0.3) is 0 Å². The maximum absolute atomic E-state index is 12.1. The molecule has 1 saturated heterocycles. The summed E-state index contributed by atoms with van der Waals surface area (Å²) in [5.74, 6) is 0.302. The fraction of sp³-hybridized carbons (Fsp3) is 0.409. The molecule has 0 radical (unpaired) electrons. The SMILES string of the molecule is CSc1cccc(-c2ccc3c(c2)CC[C@H]2N(C)C(=O)CC[C@]32C)c1. The lowest BCUT2D eigenvalue weighted by Crippen LogP contribution is -2.56. The van der Waals surface area contributed by atoms with Crippen LogP contribution in [0.5, 0.6) is 0 Å². The van der Waals surface area contributed by atoms with E-state index in [9.17, 15) is 4.79 Å². The normalized spacial score (nSPS) is 25.5. The van der Waals surface area contributed by atoms with Gasteiger partial charge >= 0.3 is 0 Å². The van der Waals surface area contributed by atoms with E-state index in [2.05, 4.69) is 55.6 Å². The van der Waals surface area contributed by atoms with Crippen molar-refractivity contribution < 1.29 is 4.79 Å². The van der Waals surface area contributed by atoms with Crippen LogP contribution >= 0.6 is 11.8 Å². The highest BCUT2D eigenvalue weighted by atomic mass is 32.2. The average Bonchev–Trinajstić information content (AvgIpc) is 2.65. The first-order chi connectivity index (χ1) is 12.0. The van der Waals surface area contributed by atoms with E-state index in [1.807, 2.05) is 11.9 Å². The second-order valence-corrected chi connectivity index (χ2v) is 8.46. The van der Waals surface area contributed by atoms with E-state index >= 15 is 0 Å². The molecule has 1 heterocycles. The molecule has 0 aromatic heterocycles. The second kappa shape index (κ2) is 6.21. The molecule has 2 atom stereocenters. The molecule has 0 unspecified atom stereocenters. The van der Waals surface area contributed by atoms with Crippen molar-refractivity contribution in [2.45, 2.75) is 49.0 Å². The van der Waals surface area contributed by atoms with E-state index in [4.69, 9.17) is 0 Å². The lowest BCUT2D eigenvalue weighted by atomic mass is 9.63. The molecule has 0 N–H and O–H groups in total. The van der Waals surface area contributed by atoms with E-state index in [0.717, 1.165) is 19.3 Å². The number of rotatable bonds is 2. The van der Waals surface area contributed by atoms with Crippen molar-refractivity contribution in [1.29, 1.82) is 0 Å². The van der Waals surface area contributed by atoms with Crippen molar-refractivity contribution in [1.82, 2.24) is 4.90 Å². The molecule has 0 spiro atoms. The van der Waals surface area contributed by atoms with Gasteiger partial charge in [-0.1, -0.05) is 37.3 Å². The standard InChI is InChI=1S/C22H25NOS/c1-22-12-11-21(24)23(2)20(22)10-8-17-13-16(7-9-19(17)22)15-5-4-6-18(14-15)25-3/h4-7,9,13-14,20H,8,10-12H2,1-3H3/t20-,22-/m1/s1. The van der Waals surface area contributed by atoms with Crippen LogP contribution in [0.15, 0.2) is 47.4 Å². The lowest BCUT2D eigenvalue weighted by molar-refractivity contribution is -0.138. The van der Waals surface area contributed by atoms with Gasteiger partial charge in [0.2, 0.25) is 5.91 Å². The number of aryl methyl sites for hydroxylation is 1. The third-order valence-corrected chi connectivity index (χ3v) is 6.99. The third-order valence-electron chi connectivity index (χ3n) is 6.27. The van der Waals surface area contributed by atoms with Crippen molar-refractivity contribution in [3.05, 3.63) is 53.6 Å². The van der Waals surface area contributed by atoms with Crippen molar-refractivity contribution in [3.8, 4) is 11.1 Å². The van der Waals surface area contributed by atoms with Gasteiger partial charge in [-0.25, -0.2) is 0 Å². The van der Waals surface area contributed by atoms with Gasteiger partial charge in [0.05, 0.1) is 0 Å². The van der Waals surface area contributed by atoms with Crippen LogP contribution in [0.4, 0.5) is 0 Å². The predicted octanol–water partition coefficient (Wildman–Crippen LogP) is 4.90. The highest BCUT2D eigenvalue weighted by molar-refractivity contribution is 7.98. The number of fused-ring (bicyclic) bond motifs is 3. The zero-order valence-corrected chi connectivity index (χ0v) is 16.0. The maximum Gasteiger partial charge on any atom is 0.222 e. The largest absolute Gasteiger partial charge is 0.342 e. The van der Waals surface area contributed by atoms with Crippen molar-refractivity contribution in [2.75, 3.05) is 13.3 Å². The van der Waals surface area contributed by atoms with Crippen LogP contribution in [0.25, 0.3) is 11.1 Å². The quantitative estimate of drug-likeness (QED) is 0.717. The second-order valence-electron chi connectivity index (χ2n) is 7.58. The molecule has 2 nitrogen and oxygen atoms in total. The van der Waals surface area contributed by atoms with Crippen LogP contribution in [0.3, 0.4) is 0 Å². The molecule has 25 heavy (non-hydrogen) atoms. The minimum atomic E-state index is 0.0931. The summed E-state index contributed by atoms with van der Waals surface area (Å²) in [6, 6.07) is 16.1. The number of piperidine rings is 1. The molecule has 2 aliphatic rings. The van der Waals surface area contributed by atoms with Crippen LogP contribution in [0, 0.1) is 0 Å². The number of thioether (sulfide) groups is 1. The van der Waals surface area contributed by atoms with Gasteiger partial charge < -0.3 is 4.90 Å². The molecule has 4 rings (SSSR count). The number of nitrogens with zero attached hydrogens (tertiary/aromatic N) is 1. The van der Waals surface area contributed by atoms with Crippen molar-refractivity contribution >= 4 is 17.7 Å². The Morgan fingerprint density at radius 3 is 2.72 bits per heavy atom. The summed E-state index contributed by atoms with van der Waals surface area (Å²) < 4.78 is 0. The monoisotopic (exact) mass is 351 g/mol. The Bertz CT molecular complexity index is 831. The summed E-state index contributed by atoms with van der Waals surface area (Å²) in [4.78, 5) is 15.4. The molecule has 2 aromatic carbocycles. The number of amides is 1. The minimum Gasteiger partial charge on any atom is -0.342 e. The van der Waals surface area contributed by atoms with Crippen LogP contribution < -0.4 is 0 Å². The molecule has 130 valence electrons. The predicted molar refractivity (Wildman–Crippen MR) is 105 cm³/mol. The van der Waals surface area contributed by atoms with Gasteiger partial charge in [0.1, 0.15) is 0 Å². The number of benzene rings is 2. The Balaban J connectivity index is 1.74. The number of hydrogen-bond donors (Lipinski definition) is 0. The fourth-order valence-corrected chi connectivity index (χ4v) is 5.23. The molecule has 2 aromatic rings. The van der Waals surface area contributed by atoms with E-state index in [1.54, 1.807) is 11.8 Å². The first kappa shape index (κ1) is 16.7. The first-order valence-corrected chi connectivity index (χ1v) is 10.3. The van der Waals surface area contributed by atoms with Crippen molar-refractivity contribution in [2.24, 2.45) is 0 Å². The lowest BCUT2D eigenvalue weighted by Gasteiger charge is -2.50. The molecule has 0 bridgehead atoms. The Hall–Kier alpha value is -1.74. The molecular weight excluding hydrogens is 326 g/mol. The molecule has 1 fully saturated rings. The first-order valence-electron chi connectivity index (χ1n) is 9.06. The van der Waals surface area contributed by atoms with E-state index in [0.29, 0.717) is 18.4 Å². The summed E-state index contributed by atoms with van der Waals surface area (Å²) >= 11 is 1.78. The summed E-state index contributed by atoms with van der Waals surface area (Å²) in [5.41, 5.74) is 5.60. The van der Waals surface area contributed by atoms with E-state index in [-0.39, 0.29) is 5.41 Å². The van der Waals surface area contributed by atoms with Crippen molar-refractivity contribution in [3.63, 3.8) is 0 Å². The molecule has 1 aliphatic carbocycles. The zero-order valence-electron chi connectivity index (χ0n) is 15.2. The summed E-state index contributed by atoms with van der Waals surface area (Å²) in [6.45, 7) is 2.35. The van der Waals surface area contributed by atoms with Crippen LogP contribution in [0.2, 0.25) is 0 Å². The van der Waals surface area contributed by atoms with Gasteiger partial charge in [0.15, 0.2) is 0 Å². The van der Waals surface area contributed by atoms with Crippen LogP contribution in [-0.4, -0.2) is 30.2 Å². The maximum atomic E-state index is 12.1. The minimum absolute atomic E-state index is 0.0931. The van der Waals surface area contributed by atoms with Gasteiger partial charge in [0, 0.05) is 29.8 Å². The van der Waals surface area contributed by atoms with Gasteiger partial charge in [-0.15, -0.1) is 11.8 Å². The molecule has 0 saturated carbocycles. The number of carbonyl (C=O) groups excluding carboxylic acids is 1. The van der Waals surface area contributed by atoms with Gasteiger partial charge in [-0.3, -0.25) is 4.79 Å². The highest BCUT2D eigenvalue weighted by Crippen LogP contribution is 2.46. The Morgan fingerprint density at radius 1 is 1.12 bits per heavy atom. The number of carbonyl (C=O) groups is 1. The average molecular weight is 352 g/mol. The topological polar surface area (TPSA) is 20.3 Å². The molecule has 1 aliphatic heterocycles. The third kappa shape index (κ3) is 2.69. The van der Waals surface area contributed by atoms with Crippen LogP contribution in [0.1, 0.15) is 37.3 Å². The Labute approximate surface area is 154 Å². The number of likely N-dealkylation sites (N-methyl/N-ethyl adjacent to an activating group) is 1. The number of hydrogen-bond acceptors (Lipinski definition) is 2. The molecular formula is C22H25NOS. The Morgan fingerprint density at radius 2 is 1.92 bits per heavy atom. The van der Waals surface area contributed by atoms with Crippen LogP contribution in [-0.2, 0) is 16.6 Å². The smallest absolute Gasteiger partial charge is 0.222 e. The zero-order chi connectivity index (χ0) is 17.6. The van der Waals surface area contributed by atoms with Gasteiger partial charge in [-0.05, 0) is 59.9 Å². The van der Waals surface area contributed by atoms with E-state index in [1.165, 1.54) is 27.1 Å². The fourth-order valence-electron chi connectivity index (χ4n) is 4.77. The number of likely N-dealkylation sites (tertiary alicyclic amines) is 1. The molecule has 1 amide bonds. The summed E-state index contributed by atoms with van der Waals surface area (Å²) in [6.07, 6.45) is 5.88. The summed E-state index contributed by atoms with van der Waals surface area (Å²) in [5, 5.41) is 0. The van der Waals surface area contributed by atoms with Gasteiger partial charge in [-0.2, -0.15) is 0 Å². The Kier molecular flexibility index (Phi) is 4.15. The molecule has 3 heteroatoms. The highest BCUT2D eigenvalue weighted by Gasteiger charge is 2.46. The van der Waals surface area contributed by atoms with E-state index < -0.39 is 0 Å².